The molecule has 104 valence electrons. The number of thiocarbonyl (C=S) groups is 1. The van der Waals surface area contributed by atoms with Crippen LogP contribution < -0.4 is 0 Å². The van der Waals surface area contributed by atoms with E-state index in [1.807, 2.05) is 56.0 Å². The van der Waals surface area contributed by atoms with Crippen molar-refractivity contribution in [2.24, 2.45) is 0 Å². The number of hydrogen-bond donors (Lipinski definition) is 1. The van der Waals surface area contributed by atoms with Crippen LogP contribution in [0.15, 0.2) is 30.3 Å². The molecule has 0 saturated carbocycles. The fourth-order valence-electron chi connectivity index (χ4n) is 2.16. The summed E-state index contributed by atoms with van der Waals surface area (Å²) in [6.45, 7) is 6.77. The second kappa shape index (κ2) is 5.47. The highest BCUT2D eigenvalue weighted by atomic mass is 32.1. The Morgan fingerprint density at radius 2 is 2.00 bits per heavy atom. The summed E-state index contributed by atoms with van der Waals surface area (Å²) in [5.74, 6) is 0. The van der Waals surface area contributed by atoms with Crippen molar-refractivity contribution in [3.05, 3.63) is 35.9 Å². The summed E-state index contributed by atoms with van der Waals surface area (Å²) >= 11 is 5.31. The van der Waals surface area contributed by atoms with Crippen molar-refractivity contribution in [3.8, 4) is 0 Å². The quantitative estimate of drug-likeness (QED) is 0.844. The third-order valence-electron chi connectivity index (χ3n) is 3.20. The van der Waals surface area contributed by atoms with E-state index in [2.05, 4.69) is 0 Å². The zero-order valence-corrected chi connectivity index (χ0v) is 12.5. The summed E-state index contributed by atoms with van der Waals surface area (Å²) in [7, 11) is 0. The first-order valence-corrected chi connectivity index (χ1v) is 7.02. The maximum atomic E-state index is 10.4. The van der Waals surface area contributed by atoms with Crippen LogP contribution in [0.25, 0.3) is 0 Å². The number of nitrogens with zero attached hydrogens (tertiary/aromatic N) is 1. The van der Waals surface area contributed by atoms with Gasteiger partial charge in [-0.15, -0.1) is 0 Å². The summed E-state index contributed by atoms with van der Waals surface area (Å²) in [5, 5.41) is 10.9. The van der Waals surface area contributed by atoms with E-state index in [-0.39, 0.29) is 11.6 Å². The lowest BCUT2D eigenvalue weighted by Gasteiger charge is -2.45. The Hall–Kier alpha value is -1.13. The van der Waals surface area contributed by atoms with Crippen LogP contribution in [0, 0.1) is 0 Å². The van der Waals surface area contributed by atoms with Crippen LogP contribution in [0.5, 0.6) is 0 Å². The smallest absolute Gasteiger partial charge is 0.260 e. The highest BCUT2D eigenvalue weighted by Crippen LogP contribution is 2.31. The molecule has 19 heavy (non-hydrogen) atoms. The Balaban J connectivity index is 2.01. The Morgan fingerprint density at radius 3 is 2.47 bits per heavy atom. The number of benzene rings is 1. The molecule has 1 fully saturated rings. The lowest BCUT2D eigenvalue weighted by Crippen LogP contribution is -2.55. The summed E-state index contributed by atoms with van der Waals surface area (Å²) < 4.78 is 5.70. The van der Waals surface area contributed by atoms with Crippen molar-refractivity contribution in [1.82, 2.24) is 4.90 Å². The van der Waals surface area contributed by atoms with Gasteiger partial charge in [0.15, 0.2) is 0 Å². The number of aliphatic hydroxyl groups excluding tert-OH is 1. The van der Waals surface area contributed by atoms with Crippen molar-refractivity contribution in [2.75, 3.05) is 6.54 Å². The lowest BCUT2D eigenvalue weighted by atomic mass is 9.93. The van der Waals surface area contributed by atoms with Gasteiger partial charge < -0.3 is 14.7 Å². The normalized spacial score (nSPS) is 20.6. The van der Waals surface area contributed by atoms with Crippen LogP contribution in [-0.4, -0.2) is 33.4 Å². The molecule has 0 aromatic heterocycles. The Kier molecular flexibility index (Phi) is 4.11. The maximum absolute atomic E-state index is 10.4. The van der Waals surface area contributed by atoms with E-state index >= 15 is 0 Å². The average molecular weight is 279 g/mol. The molecule has 0 bridgehead atoms. The van der Waals surface area contributed by atoms with E-state index in [4.69, 9.17) is 17.0 Å². The minimum atomic E-state index is -0.517. The van der Waals surface area contributed by atoms with Gasteiger partial charge in [-0.25, -0.2) is 0 Å². The van der Waals surface area contributed by atoms with Crippen LogP contribution >= 0.6 is 12.2 Å². The van der Waals surface area contributed by atoms with E-state index in [0.29, 0.717) is 5.17 Å². The van der Waals surface area contributed by atoms with Gasteiger partial charge >= 0.3 is 0 Å². The third kappa shape index (κ3) is 3.45. The zero-order chi connectivity index (χ0) is 14.0. The summed E-state index contributed by atoms with van der Waals surface area (Å²) in [6, 6.07) is 9.72. The lowest BCUT2D eigenvalue weighted by molar-refractivity contribution is -0.00145. The molecular formula is C15H21NO2S. The number of hydrogen-bond acceptors (Lipinski definition) is 3. The van der Waals surface area contributed by atoms with E-state index in [1.54, 1.807) is 0 Å². The molecule has 2 atom stereocenters. The van der Waals surface area contributed by atoms with Crippen molar-refractivity contribution < 1.29 is 9.84 Å². The minimum Gasteiger partial charge on any atom is -0.465 e. The molecule has 1 aromatic carbocycles. The molecule has 1 saturated heterocycles. The molecule has 1 aliphatic rings. The zero-order valence-electron chi connectivity index (χ0n) is 11.7. The summed E-state index contributed by atoms with van der Waals surface area (Å²) in [6.07, 6.45) is 0.417. The van der Waals surface area contributed by atoms with Gasteiger partial charge in [0.1, 0.15) is 5.60 Å². The Labute approximate surface area is 120 Å². The van der Waals surface area contributed by atoms with Crippen molar-refractivity contribution in [3.63, 3.8) is 0 Å². The van der Waals surface area contributed by atoms with Crippen LogP contribution in [0.2, 0.25) is 0 Å². The van der Waals surface area contributed by atoms with E-state index in [0.717, 1.165) is 18.5 Å². The molecule has 1 aliphatic heterocycles. The summed E-state index contributed by atoms with van der Waals surface area (Å²) in [5.41, 5.74) is 0.630. The molecule has 0 radical (unpaired) electrons. The first-order chi connectivity index (χ1) is 8.88. The Bertz CT molecular complexity index is 441. The first-order valence-electron chi connectivity index (χ1n) is 6.61. The molecule has 0 amide bonds. The summed E-state index contributed by atoms with van der Waals surface area (Å²) in [4.78, 5) is 1.97. The van der Waals surface area contributed by atoms with Gasteiger partial charge in [-0.1, -0.05) is 30.3 Å². The standard InChI is InChI=1S/C15H21NO2S/c1-15(2,3)18-14(19)16-10-9-12(16)13(17)11-7-5-4-6-8-11/h4-8,12-13,17H,9-10H2,1-3H3/t12?,13-/m0/s1. The number of ether oxygens (including phenoxy) is 1. The molecule has 2 rings (SSSR count). The van der Waals surface area contributed by atoms with Gasteiger partial charge in [-0.2, -0.15) is 0 Å². The predicted molar refractivity (Wildman–Crippen MR) is 79.9 cm³/mol. The van der Waals surface area contributed by atoms with Crippen molar-refractivity contribution in [1.29, 1.82) is 0 Å². The number of likely N-dealkylation sites (tertiary alicyclic amines) is 1. The topological polar surface area (TPSA) is 32.7 Å². The first kappa shape index (κ1) is 14.3. The largest absolute Gasteiger partial charge is 0.465 e. The maximum Gasteiger partial charge on any atom is 0.260 e. The van der Waals surface area contributed by atoms with Crippen molar-refractivity contribution >= 4 is 17.4 Å². The van der Waals surface area contributed by atoms with E-state index in [9.17, 15) is 5.11 Å². The van der Waals surface area contributed by atoms with Crippen LogP contribution in [0.3, 0.4) is 0 Å². The minimum absolute atomic E-state index is 0.0252. The Morgan fingerprint density at radius 1 is 1.37 bits per heavy atom. The fraction of sp³-hybridized carbons (Fsp3) is 0.533. The SMILES string of the molecule is CC(C)(C)OC(=S)N1CCC1[C@@H](O)c1ccccc1. The van der Waals surface area contributed by atoms with Gasteiger partial charge in [0.2, 0.25) is 0 Å². The fourth-order valence-corrected chi connectivity index (χ4v) is 2.63. The third-order valence-corrected chi connectivity index (χ3v) is 3.52. The van der Waals surface area contributed by atoms with Gasteiger partial charge in [0, 0.05) is 6.54 Å². The van der Waals surface area contributed by atoms with Crippen LogP contribution in [-0.2, 0) is 4.74 Å². The highest BCUT2D eigenvalue weighted by Gasteiger charge is 2.37. The van der Waals surface area contributed by atoms with Gasteiger partial charge in [-0.3, -0.25) is 0 Å². The molecule has 1 heterocycles. The number of rotatable bonds is 2. The van der Waals surface area contributed by atoms with Gasteiger partial charge in [-0.05, 0) is 45.0 Å². The van der Waals surface area contributed by atoms with E-state index in [1.165, 1.54) is 0 Å². The van der Waals surface area contributed by atoms with Crippen molar-refractivity contribution in [2.45, 2.75) is 44.9 Å². The van der Waals surface area contributed by atoms with Gasteiger partial charge in [0.05, 0.1) is 12.1 Å². The molecular weight excluding hydrogens is 258 g/mol. The molecule has 0 spiro atoms. The van der Waals surface area contributed by atoms with Crippen LogP contribution in [0.4, 0.5) is 0 Å². The molecule has 1 unspecified atom stereocenters. The van der Waals surface area contributed by atoms with Crippen LogP contribution in [0.1, 0.15) is 38.9 Å². The molecule has 1 aromatic rings. The monoisotopic (exact) mass is 279 g/mol. The second-order valence-corrected chi connectivity index (χ2v) is 6.23. The molecule has 0 aliphatic carbocycles. The molecule has 4 heteroatoms. The average Bonchev–Trinajstić information content (AvgIpc) is 2.26. The predicted octanol–water partition coefficient (Wildman–Crippen LogP) is 2.89. The van der Waals surface area contributed by atoms with Gasteiger partial charge in [0.25, 0.3) is 5.17 Å². The molecule has 1 N–H and O–H groups in total. The number of aliphatic hydroxyl groups is 1. The highest BCUT2D eigenvalue weighted by molar-refractivity contribution is 7.80. The molecule has 3 nitrogen and oxygen atoms in total. The van der Waals surface area contributed by atoms with E-state index < -0.39 is 6.10 Å². The second-order valence-electron chi connectivity index (χ2n) is 5.89.